The summed E-state index contributed by atoms with van der Waals surface area (Å²) in [6.45, 7) is 4.04. The summed E-state index contributed by atoms with van der Waals surface area (Å²) in [5.41, 5.74) is 1.13. The lowest BCUT2D eigenvalue weighted by Crippen LogP contribution is -2.46. The summed E-state index contributed by atoms with van der Waals surface area (Å²) in [6, 6.07) is 0. The second kappa shape index (κ2) is 4.24. The second-order valence-electron chi connectivity index (χ2n) is 3.76. The van der Waals surface area contributed by atoms with E-state index in [4.69, 9.17) is 0 Å². The van der Waals surface area contributed by atoms with Crippen LogP contribution in [0.2, 0.25) is 0 Å². The molecule has 0 saturated carbocycles. The number of hydrogen-bond donors (Lipinski definition) is 0. The fourth-order valence-electron chi connectivity index (χ4n) is 1.84. The third-order valence-electron chi connectivity index (χ3n) is 2.70. The molecule has 2 nitrogen and oxygen atoms in total. The summed E-state index contributed by atoms with van der Waals surface area (Å²) < 4.78 is 36.4. The Morgan fingerprint density at radius 1 is 1.53 bits per heavy atom. The maximum Gasteiger partial charge on any atom is 0.471 e. The number of amides is 1. The van der Waals surface area contributed by atoms with Gasteiger partial charge < -0.3 is 4.90 Å². The predicted octanol–water partition coefficient (Wildman–Crippen LogP) is 2.36. The van der Waals surface area contributed by atoms with E-state index in [9.17, 15) is 18.0 Å². The van der Waals surface area contributed by atoms with E-state index in [1.165, 1.54) is 0 Å². The Morgan fingerprint density at radius 2 is 2.13 bits per heavy atom. The first-order valence-electron chi connectivity index (χ1n) is 4.87. The number of carbonyl (C=O) groups is 1. The summed E-state index contributed by atoms with van der Waals surface area (Å²) in [6.07, 6.45) is -2.29. The fourth-order valence-corrected chi connectivity index (χ4v) is 1.84. The highest BCUT2D eigenvalue weighted by molar-refractivity contribution is 5.82. The highest BCUT2D eigenvalue weighted by atomic mass is 19.4. The van der Waals surface area contributed by atoms with Gasteiger partial charge in [0.15, 0.2) is 0 Å². The number of nitrogens with zero attached hydrogens (tertiary/aromatic N) is 1. The minimum Gasteiger partial charge on any atom is -0.334 e. The molecule has 86 valence electrons. The Hall–Kier alpha value is -1.00. The topological polar surface area (TPSA) is 20.3 Å². The van der Waals surface area contributed by atoms with Crippen molar-refractivity contribution in [1.29, 1.82) is 0 Å². The molecule has 0 N–H and O–H groups in total. The van der Waals surface area contributed by atoms with Crippen molar-refractivity contribution < 1.29 is 18.0 Å². The third kappa shape index (κ3) is 2.73. The molecule has 1 aliphatic heterocycles. The number of likely N-dealkylation sites (tertiary alicyclic amines) is 1. The first-order chi connectivity index (χ1) is 6.86. The van der Waals surface area contributed by atoms with Gasteiger partial charge in [-0.1, -0.05) is 18.6 Å². The van der Waals surface area contributed by atoms with Crippen LogP contribution >= 0.6 is 0 Å². The number of halogens is 3. The SMILES string of the molecule is C/C=C1/CCN(C(=O)C(F)(F)F)CC1C. The monoisotopic (exact) mass is 221 g/mol. The molecule has 1 amide bonds. The predicted molar refractivity (Wildman–Crippen MR) is 50.2 cm³/mol. The van der Waals surface area contributed by atoms with Gasteiger partial charge in [0.2, 0.25) is 0 Å². The smallest absolute Gasteiger partial charge is 0.334 e. The molecular formula is C10H14F3NO. The molecule has 1 heterocycles. The molecule has 0 aliphatic carbocycles. The Balaban J connectivity index is 2.67. The number of piperidine rings is 1. The zero-order valence-electron chi connectivity index (χ0n) is 8.77. The van der Waals surface area contributed by atoms with Crippen molar-refractivity contribution in [3.05, 3.63) is 11.6 Å². The van der Waals surface area contributed by atoms with Gasteiger partial charge in [-0.15, -0.1) is 0 Å². The number of hydrogen-bond acceptors (Lipinski definition) is 1. The van der Waals surface area contributed by atoms with Crippen LogP contribution in [0.5, 0.6) is 0 Å². The van der Waals surface area contributed by atoms with Gasteiger partial charge in [-0.2, -0.15) is 13.2 Å². The largest absolute Gasteiger partial charge is 0.471 e. The van der Waals surface area contributed by atoms with Gasteiger partial charge in [-0.25, -0.2) is 0 Å². The maximum atomic E-state index is 12.1. The number of carbonyl (C=O) groups excluding carboxylic acids is 1. The summed E-state index contributed by atoms with van der Waals surface area (Å²) >= 11 is 0. The maximum absolute atomic E-state index is 12.1. The number of allylic oxidation sites excluding steroid dienone is 1. The molecular weight excluding hydrogens is 207 g/mol. The zero-order chi connectivity index (χ0) is 11.6. The molecule has 0 aromatic carbocycles. The van der Waals surface area contributed by atoms with Crippen LogP contribution in [0.3, 0.4) is 0 Å². The van der Waals surface area contributed by atoms with E-state index < -0.39 is 12.1 Å². The molecule has 1 aliphatic rings. The Labute approximate surface area is 86.7 Å². The van der Waals surface area contributed by atoms with Crippen LogP contribution < -0.4 is 0 Å². The number of alkyl halides is 3. The lowest BCUT2D eigenvalue weighted by molar-refractivity contribution is -0.186. The van der Waals surface area contributed by atoms with Crippen molar-refractivity contribution in [2.24, 2.45) is 5.92 Å². The minimum atomic E-state index is -4.74. The van der Waals surface area contributed by atoms with Gasteiger partial charge in [-0.05, 0) is 19.3 Å². The third-order valence-corrected chi connectivity index (χ3v) is 2.70. The minimum absolute atomic E-state index is 0.0232. The Bertz CT molecular complexity index is 283. The van der Waals surface area contributed by atoms with Gasteiger partial charge in [0.25, 0.3) is 0 Å². The van der Waals surface area contributed by atoms with Crippen LogP contribution in [0.15, 0.2) is 11.6 Å². The average Bonchev–Trinajstić information content (AvgIpc) is 2.15. The van der Waals surface area contributed by atoms with Crippen LogP contribution in [0.4, 0.5) is 13.2 Å². The van der Waals surface area contributed by atoms with Crippen LogP contribution in [0, 0.1) is 5.92 Å². The Morgan fingerprint density at radius 3 is 2.53 bits per heavy atom. The van der Waals surface area contributed by atoms with E-state index in [1.807, 2.05) is 19.9 Å². The lowest BCUT2D eigenvalue weighted by atomic mass is 9.93. The quantitative estimate of drug-likeness (QED) is 0.575. The van der Waals surface area contributed by atoms with Crippen molar-refractivity contribution in [1.82, 2.24) is 4.90 Å². The second-order valence-corrected chi connectivity index (χ2v) is 3.76. The highest BCUT2D eigenvalue weighted by Gasteiger charge is 2.43. The molecule has 15 heavy (non-hydrogen) atoms. The lowest BCUT2D eigenvalue weighted by Gasteiger charge is -2.33. The molecule has 5 heteroatoms. The van der Waals surface area contributed by atoms with Crippen LogP contribution in [-0.2, 0) is 4.79 Å². The van der Waals surface area contributed by atoms with Gasteiger partial charge >= 0.3 is 12.1 Å². The van der Waals surface area contributed by atoms with E-state index in [0.717, 1.165) is 10.5 Å². The molecule has 0 bridgehead atoms. The van der Waals surface area contributed by atoms with E-state index in [1.54, 1.807) is 0 Å². The summed E-state index contributed by atoms with van der Waals surface area (Å²) in [5, 5.41) is 0. The first kappa shape index (κ1) is 12.1. The highest BCUT2D eigenvalue weighted by Crippen LogP contribution is 2.26. The van der Waals surface area contributed by atoms with Crippen molar-refractivity contribution in [2.45, 2.75) is 26.4 Å². The standard InChI is InChI=1S/C10H14F3NO/c1-3-8-4-5-14(6-7(8)2)9(15)10(11,12)13/h3,7H,4-6H2,1-2H3/b8-3-. The molecule has 0 aromatic rings. The Kier molecular flexibility index (Phi) is 3.42. The molecule has 1 rings (SSSR count). The van der Waals surface area contributed by atoms with E-state index in [2.05, 4.69) is 0 Å². The molecule has 1 fully saturated rings. The molecule has 0 aromatic heterocycles. The first-order valence-corrected chi connectivity index (χ1v) is 4.87. The normalized spacial score (nSPS) is 25.8. The number of rotatable bonds is 0. The van der Waals surface area contributed by atoms with Crippen molar-refractivity contribution in [3.63, 3.8) is 0 Å². The van der Waals surface area contributed by atoms with Crippen LogP contribution in [0.25, 0.3) is 0 Å². The van der Waals surface area contributed by atoms with Gasteiger partial charge in [0, 0.05) is 13.1 Å². The molecule has 1 saturated heterocycles. The molecule has 0 spiro atoms. The summed E-state index contributed by atoms with van der Waals surface area (Å²) in [4.78, 5) is 11.8. The van der Waals surface area contributed by atoms with Crippen molar-refractivity contribution in [2.75, 3.05) is 13.1 Å². The van der Waals surface area contributed by atoms with Crippen molar-refractivity contribution in [3.8, 4) is 0 Å². The van der Waals surface area contributed by atoms with Gasteiger partial charge in [0.05, 0.1) is 0 Å². The van der Waals surface area contributed by atoms with E-state index in [0.29, 0.717) is 6.42 Å². The van der Waals surface area contributed by atoms with Crippen molar-refractivity contribution >= 4 is 5.91 Å². The summed E-state index contributed by atoms with van der Waals surface area (Å²) in [7, 11) is 0. The fraction of sp³-hybridized carbons (Fsp3) is 0.700. The van der Waals surface area contributed by atoms with Crippen LogP contribution in [-0.4, -0.2) is 30.1 Å². The van der Waals surface area contributed by atoms with E-state index >= 15 is 0 Å². The molecule has 1 atom stereocenters. The van der Waals surface area contributed by atoms with Gasteiger partial charge in [-0.3, -0.25) is 4.79 Å². The molecule has 1 unspecified atom stereocenters. The van der Waals surface area contributed by atoms with Gasteiger partial charge in [0.1, 0.15) is 0 Å². The van der Waals surface area contributed by atoms with Crippen LogP contribution in [0.1, 0.15) is 20.3 Å². The zero-order valence-corrected chi connectivity index (χ0v) is 8.77. The van der Waals surface area contributed by atoms with E-state index in [-0.39, 0.29) is 19.0 Å². The summed E-state index contributed by atoms with van der Waals surface area (Å²) in [5.74, 6) is -1.69. The average molecular weight is 221 g/mol. The molecule has 0 radical (unpaired) electrons.